The molecule has 2 atom stereocenters. The Hall–Kier alpha value is -2.08. The summed E-state index contributed by atoms with van der Waals surface area (Å²) in [7, 11) is 1.58. The van der Waals surface area contributed by atoms with Crippen LogP contribution in [0.25, 0.3) is 0 Å². The molecule has 128 valence electrons. The number of ether oxygens (including phenoxy) is 1. The number of amides is 2. The smallest absolute Gasteiger partial charge is 0.315 e. The number of rotatable bonds is 7. The predicted molar refractivity (Wildman–Crippen MR) is 94.0 cm³/mol. The van der Waals surface area contributed by atoms with Crippen molar-refractivity contribution in [1.29, 1.82) is 0 Å². The largest absolute Gasteiger partial charge is 0.394 e. The maximum atomic E-state index is 12.3. The van der Waals surface area contributed by atoms with E-state index in [-0.39, 0.29) is 18.7 Å². The van der Waals surface area contributed by atoms with E-state index in [1.807, 2.05) is 30.3 Å². The SMILES string of the molecule is COCC(NC(=O)NC(CO)c1ccc(Cl)cc1)c1ccccc1. The van der Waals surface area contributed by atoms with Crippen molar-refractivity contribution in [3.63, 3.8) is 0 Å². The van der Waals surface area contributed by atoms with Crippen LogP contribution in [0.5, 0.6) is 0 Å². The van der Waals surface area contributed by atoms with Crippen molar-refractivity contribution in [3.05, 3.63) is 70.7 Å². The van der Waals surface area contributed by atoms with E-state index in [0.717, 1.165) is 11.1 Å². The molecule has 2 amide bonds. The fourth-order valence-corrected chi connectivity index (χ4v) is 2.49. The molecule has 0 aliphatic carbocycles. The van der Waals surface area contributed by atoms with E-state index < -0.39 is 6.04 Å². The standard InChI is InChI=1S/C18H21ClN2O3/c1-24-12-17(13-5-3-2-4-6-13)21-18(23)20-16(11-22)14-7-9-15(19)10-8-14/h2-10,16-17,22H,11-12H2,1H3,(H2,20,21,23). The number of aliphatic hydroxyl groups is 1. The van der Waals surface area contributed by atoms with Crippen molar-refractivity contribution in [1.82, 2.24) is 10.6 Å². The number of nitrogens with one attached hydrogen (secondary N) is 2. The molecule has 0 heterocycles. The van der Waals surface area contributed by atoms with Crippen LogP contribution in [0.3, 0.4) is 0 Å². The first-order valence-corrected chi connectivity index (χ1v) is 7.99. The summed E-state index contributed by atoms with van der Waals surface area (Å²) in [5, 5.41) is 15.8. The summed E-state index contributed by atoms with van der Waals surface area (Å²) >= 11 is 5.86. The first-order chi connectivity index (χ1) is 11.6. The second-order valence-electron chi connectivity index (χ2n) is 5.32. The summed E-state index contributed by atoms with van der Waals surface area (Å²) in [5.74, 6) is 0. The van der Waals surface area contributed by atoms with Gasteiger partial charge < -0.3 is 20.5 Å². The molecule has 0 saturated carbocycles. The van der Waals surface area contributed by atoms with E-state index in [2.05, 4.69) is 10.6 Å². The lowest BCUT2D eigenvalue weighted by atomic mass is 10.1. The quantitative estimate of drug-likeness (QED) is 0.720. The first-order valence-electron chi connectivity index (χ1n) is 7.61. The summed E-state index contributed by atoms with van der Waals surface area (Å²) in [5.41, 5.74) is 1.72. The van der Waals surface area contributed by atoms with Crippen molar-refractivity contribution in [2.24, 2.45) is 0 Å². The highest BCUT2D eigenvalue weighted by molar-refractivity contribution is 6.30. The summed E-state index contributed by atoms with van der Waals surface area (Å²) in [6.45, 7) is 0.136. The van der Waals surface area contributed by atoms with Gasteiger partial charge in [-0.05, 0) is 23.3 Å². The lowest BCUT2D eigenvalue weighted by Gasteiger charge is -2.22. The molecule has 0 fully saturated rings. The van der Waals surface area contributed by atoms with Crippen molar-refractivity contribution >= 4 is 17.6 Å². The molecule has 2 aromatic rings. The van der Waals surface area contributed by atoms with E-state index in [4.69, 9.17) is 16.3 Å². The molecule has 0 saturated heterocycles. The summed E-state index contributed by atoms with van der Waals surface area (Å²) < 4.78 is 5.18. The van der Waals surface area contributed by atoms with Gasteiger partial charge >= 0.3 is 6.03 Å². The summed E-state index contributed by atoms with van der Waals surface area (Å²) in [4.78, 5) is 12.3. The Kier molecular flexibility index (Phi) is 7.06. The predicted octanol–water partition coefficient (Wildman–Crippen LogP) is 3.06. The number of carbonyl (C=O) groups is 1. The van der Waals surface area contributed by atoms with Crippen molar-refractivity contribution in [2.45, 2.75) is 12.1 Å². The van der Waals surface area contributed by atoms with Crippen LogP contribution in [0.1, 0.15) is 23.2 Å². The number of hydrogen-bond donors (Lipinski definition) is 3. The Bertz CT molecular complexity index is 634. The number of urea groups is 1. The Balaban J connectivity index is 2.02. The second kappa shape index (κ2) is 9.27. The number of carbonyl (C=O) groups excluding carboxylic acids is 1. The molecule has 5 nitrogen and oxygen atoms in total. The Labute approximate surface area is 146 Å². The number of benzene rings is 2. The lowest BCUT2D eigenvalue weighted by molar-refractivity contribution is 0.163. The van der Waals surface area contributed by atoms with Crippen LogP contribution in [0.15, 0.2) is 54.6 Å². The molecule has 2 unspecified atom stereocenters. The maximum absolute atomic E-state index is 12.3. The molecular weight excluding hydrogens is 328 g/mol. The van der Waals surface area contributed by atoms with Gasteiger partial charge in [-0.3, -0.25) is 0 Å². The highest BCUT2D eigenvalue weighted by atomic mass is 35.5. The minimum atomic E-state index is -0.513. The van der Waals surface area contributed by atoms with E-state index in [9.17, 15) is 9.90 Å². The second-order valence-corrected chi connectivity index (χ2v) is 5.76. The van der Waals surface area contributed by atoms with E-state index in [1.54, 1.807) is 31.4 Å². The Morgan fingerprint density at radius 2 is 1.62 bits per heavy atom. The Morgan fingerprint density at radius 3 is 2.21 bits per heavy atom. The molecule has 0 spiro atoms. The Morgan fingerprint density at radius 1 is 1.04 bits per heavy atom. The molecule has 2 rings (SSSR count). The van der Waals surface area contributed by atoms with Crippen LogP contribution in [0.2, 0.25) is 5.02 Å². The van der Waals surface area contributed by atoms with Gasteiger partial charge in [-0.15, -0.1) is 0 Å². The van der Waals surface area contributed by atoms with Crippen molar-refractivity contribution in [2.75, 3.05) is 20.3 Å². The fourth-order valence-electron chi connectivity index (χ4n) is 2.36. The minimum Gasteiger partial charge on any atom is -0.394 e. The molecular formula is C18H21ClN2O3. The van der Waals surface area contributed by atoms with Gasteiger partial charge in [0.2, 0.25) is 0 Å². The maximum Gasteiger partial charge on any atom is 0.315 e. The molecule has 3 N–H and O–H groups in total. The highest BCUT2D eigenvalue weighted by Crippen LogP contribution is 2.17. The third kappa shape index (κ3) is 5.23. The first kappa shape index (κ1) is 18.3. The zero-order chi connectivity index (χ0) is 17.4. The van der Waals surface area contributed by atoms with Crippen molar-refractivity contribution < 1.29 is 14.6 Å². The number of hydrogen-bond acceptors (Lipinski definition) is 3. The summed E-state index contributed by atoms with van der Waals surface area (Å²) in [6, 6.07) is 15.4. The highest BCUT2D eigenvalue weighted by Gasteiger charge is 2.18. The average Bonchev–Trinajstić information content (AvgIpc) is 2.61. The van der Waals surface area contributed by atoms with Gasteiger partial charge in [-0.25, -0.2) is 4.79 Å². The molecule has 2 aromatic carbocycles. The zero-order valence-corrected chi connectivity index (χ0v) is 14.2. The number of halogens is 1. The lowest BCUT2D eigenvalue weighted by Crippen LogP contribution is -2.42. The van der Waals surface area contributed by atoms with E-state index in [1.165, 1.54) is 0 Å². The van der Waals surface area contributed by atoms with Crippen LogP contribution in [-0.2, 0) is 4.74 Å². The number of aliphatic hydroxyl groups excluding tert-OH is 1. The summed E-state index contributed by atoms with van der Waals surface area (Å²) in [6.07, 6.45) is 0. The fraction of sp³-hybridized carbons (Fsp3) is 0.278. The topological polar surface area (TPSA) is 70.6 Å². The van der Waals surface area contributed by atoms with Crippen LogP contribution in [-0.4, -0.2) is 31.5 Å². The van der Waals surface area contributed by atoms with Gasteiger partial charge in [0.15, 0.2) is 0 Å². The molecule has 0 radical (unpaired) electrons. The molecule has 24 heavy (non-hydrogen) atoms. The minimum absolute atomic E-state index is 0.213. The molecule has 0 aromatic heterocycles. The van der Waals surface area contributed by atoms with Gasteiger partial charge in [0.1, 0.15) is 0 Å². The normalized spacial score (nSPS) is 13.1. The van der Waals surface area contributed by atoms with Gasteiger partial charge in [0.25, 0.3) is 0 Å². The molecule has 0 bridgehead atoms. The molecule has 0 aliphatic rings. The average molecular weight is 349 g/mol. The van der Waals surface area contributed by atoms with Crippen LogP contribution in [0, 0.1) is 0 Å². The van der Waals surface area contributed by atoms with Gasteiger partial charge in [0.05, 0.1) is 25.3 Å². The monoisotopic (exact) mass is 348 g/mol. The van der Waals surface area contributed by atoms with Crippen molar-refractivity contribution in [3.8, 4) is 0 Å². The molecule has 0 aliphatic heterocycles. The van der Waals surface area contributed by atoms with Crippen LogP contribution in [0.4, 0.5) is 4.79 Å². The van der Waals surface area contributed by atoms with E-state index in [0.29, 0.717) is 11.6 Å². The zero-order valence-electron chi connectivity index (χ0n) is 13.4. The third-order valence-electron chi connectivity index (χ3n) is 3.60. The van der Waals surface area contributed by atoms with Gasteiger partial charge in [-0.2, -0.15) is 0 Å². The van der Waals surface area contributed by atoms with Gasteiger partial charge in [0, 0.05) is 12.1 Å². The third-order valence-corrected chi connectivity index (χ3v) is 3.85. The number of methoxy groups -OCH3 is 1. The van der Waals surface area contributed by atoms with Crippen LogP contribution >= 0.6 is 11.6 Å². The van der Waals surface area contributed by atoms with E-state index >= 15 is 0 Å². The van der Waals surface area contributed by atoms with Crippen LogP contribution < -0.4 is 10.6 Å². The molecule has 6 heteroatoms. The van der Waals surface area contributed by atoms with Gasteiger partial charge in [-0.1, -0.05) is 54.1 Å².